The largest absolute Gasteiger partial charge is 0.497 e. The monoisotopic (exact) mass is 392 g/mol. The molecular formula is C18H20N2O6S. The van der Waals surface area contributed by atoms with Crippen LogP contribution in [0.4, 0.5) is 5.69 Å². The number of rotatable bonds is 7. The third-order valence-electron chi connectivity index (χ3n) is 3.66. The van der Waals surface area contributed by atoms with Crippen molar-refractivity contribution in [1.29, 1.82) is 0 Å². The molecule has 9 heteroatoms. The molecule has 2 aromatic carbocycles. The minimum absolute atomic E-state index is 0.00481. The molecule has 2 N–H and O–H groups in total. The van der Waals surface area contributed by atoms with Crippen LogP contribution in [0.15, 0.2) is 53.4 Å². The molecule has 0 aromatic heterocycles. The van der Waals surface area contributed by atoms with Crippen LogP contribution in [0.3, 0.4) is 0 Å². The predicted molar refractivity (Wildman–Crippen MR) is 99.2 cm³/mol. The van der Waals surface area contributed by atoms with Crippen molar-refractivity contribution in [3.8, 4) is 5.75 Å². The van der Waals surface area contributed by atoms with Gasteiger partial charge in [-0.3, -0.25) is 9.52 Å². The Balaban J connectivity index is 2.26. The van der Waals surface area contributed by atoms with E-state index in [0.29, 0.717) is 5.75 Å². The number of carbonyl (C=O) groups excluding carboxylic acids is 2. The zero-order chi connectivity index (χ0) is 20.0. The molecule has 2 aromatic rings. The molecule has 2 rings (SSSR count). The van der Waals surface area contributed by atoms with Crippen molar-refractivity contribution >= 4 is 27.6 Å². The molecule has 1 amide bonds. The molecule has 0 saturated carbocycles. The second-order valence-corrected chi connectivity index (χ2v) is 7.17. The maximum absolute atomic E-state index is 12.6. The van der Waals surface area contributed by atoms with Gasteiger partial charge in [0.15, 0.2) is 6.10 Å². The molecule has 0 aliphatic heterocycles. The first kappa shape index (κ1) is 20.2. The summed E-state index contributed by atoms with van der Waals surface area (Å²) in [5.41, 5.74) is 0.0350. The van der Waals surface area contributed by atoms with E-state index in [9.17, 15) is 18.0 Å². The van der Waals surface area contributed by atoms with Gasteiger partial charge in [0.1, 0.15) is 5.75 Å². The van der Waals surface area contributed by atoms with Gasteiger partial charge in [-0.05, 0) is 43.3 Å². The van der Waals surface area contributed by atoms with E-state index < -0.39 is 28.0 Å². The Morgan fingerprint density at radius 3 is 2.26 bits per heavy atom. The second-order valence-electron chi connectivity index (χ2n) is 5.49. The lowest BCUT2D eigenvalue weighted by Crippen LogP contribution is -2.33. The quantitative estimate of drug-likeness (QED) is 0.695. The summed E-state index contributed by atoms with van der Waals surface area (Å²) >= 11 is 0. The summed E-state index contributed by atoms with van der Waals surface area (Å²) in [6.45, 7) is 1.42. The van der Waals surface area contributed by atoms with Gasteiger partial charge in [-0.1, -0.05) is 12.1 Å². The molecule has 0 radical (unpaired) electrons. The molecule has 0 aliphatic rings. The summed E-state index contributed by atoms with van der Waals surface area (Å²) < 4.78 is 37.6. The maximum atomic E-state index is 12.6. The highest BCUT2D eigenvalue weighted by molar-refractivity contribution is 7.92. The number of esters is 1. The van der Waals surface area contributed by atoms with E-state index in [1.807, 2.05) is 0 Å². The fraction of sp³-hybridized carbons (Fsp3) is 0.222. The van der Waals surface area contributed by atoms with Crippen LogP contribution in [0.2, 0.25) is 0 Å². The highest BCUT2D eigenvalue weighted by Crippen LogP contribution is 2.22. The highest BCUT2D eigenvalue weighted by Gasteiger charge is 2.22. The van der Waals surface area contributed by atoms with E-state index in [0.717, 1.165) is 0 Å². The van der Waals surface area contributed by atoms with Gasteiger partial charge in [0.05, 0.1) is 23.3 Å². The summed E-state index contributed by atoms with van der Waals surface area (Å²) in [6.07, 6.45) is -1.02. The number of nitrogens with one attached hydrogen (secondary N) is 2. The normalized spacial score (nSPS) is 12.0. The highest BCUT2D eigenvalue weighted by atomic mass is 32.2. The minimum atomic E-state index is -3.94. The molecule has 0 saturated heterocycles. The SMILES string of the molecule is CNC(=O)[C@@H](C)OC(=O)c1ccccc1NS(=O)(=O)c1ccc(OC)cc1. The topological polar surface area (TPSA) is 111 Å². The van der Waals surface area contributed by atoms with Gasteiger partial charge in [-0.15, -0.1) is 0 Å². The number of likely N-dealkylation sites (N-methyl/N-ethyl adjacent to an activating group) is 1. The summed E-state index contributed by atoms with van der Waals surface area (Å²) in [5, 5.41) is 2.37. The average molecular weight is 392 g/mol. The molecule has 8 nitrogen and oxygen atoms in total. The fourth-order valence-corrected chi connectivity index (χ4v) is 3.27. The second kappa shape index (κ2) is 8.54. The molecule has 0 aliphatic carbocycles. The van der Waals surface area contributed by atoms with Crippen LogP contribution in [0.25, 0.3) is 0 Å². The number of benzene rings is 2. The molecule has 0 unspecified atom stereocenters. The van der Waals surface area contributed by atoms with E-state index in [1.165, 1.54) is 57.5 Å². The van der Waals surface area contributed by atoms with Gasteiger partial charge in [0.2, 0.25) is 0 Å². The van der Waals surface area contributed by atoms with Gasteiger partial charge in [-0.2, -0.15) is 0 Å². The van der Waals surface area contributed by atoms with Crippen molar-refractivity contribution in [2.24, 2.45) is 0 Å². The first-order chi connectivity index (χ1) is 12.8. The van der Waals surface area contributed by atoms with Crippen molar-refractivity contribution in [2.75, 3.05) is 18.9 Å². The van der Waals surface area contributed by atoms with Crippen molar-refractivity contribution in [3.63, 3.8) is 0 Å². The smallest absolute Gasteiger partial charge is 0.341 e. The number of ether oxygens (including phenoxy) is 2. The third kappa shape index (κ3) is 4.98. The third-order valence-corrected chi connectivity index (χ3v) is 5.04. The number of methoxy groups -OCH3 is 1. The van der Waals surface area contributed by atoms with Crippen LogP contribution in [-0.2, 0) is 19.6 Å². The van der Waals surface area contributed by atoms with E-state index >= 15 is 0 Å². The summed E-state index contributed by atoms with van der Waals surface area (Å²) in [6, 6.07) is 11.8. The van der Waals surface area contributed by atoms with Gasteiger partial charge in [0.25, 0.3) is 15.9 Å². The van der Waals surface area contributed by atoms with Crippen molar-refractivity contribution < 1.29 is 27.5 Å². The lowest BCUT2D eigenvalue weighted by Gasteiger charge is -2.15. The van der Waals surface area contributed by atoms with E-state index in [1.54, 1.807) is 12.1 Å². The molecule has 27 heavy (non-hydrogen) atoms. The van der Waals surface area contributed by atoms with Gasteiger partial charge >= 0.3 is 5.97 Å². The number of anilines is 1. The first-order valence-corrected chi connectivity index (χ1v) is 9.45. The number of hydrogen-bond donors (Lipinski definition) is 2. The standard InChI is InChI=1S/C18H20N2O6S/c1-12(17(21)19-2)26-18(22)15-6-4-5-7-16(15)20-27(23,24)14-10-8-13(25-3)9-11-14/h4-12,20H,1-3H3,(H,19,21)/t12-/m1/s1. The Morgan fingerprint density at radius 1 is 1.04 bits per heavy atom. The Morgan fingerprint density at radius 2 is 1.67 bits per heavy atom. The molecule has 1 atom stereocenters. The number of amides is 1. The Bertz CT molecular complexity index is 925. The van der Waals surface area contributed by atoms with E-state index in [4.69, 9.17) is 9.47 Å². The number of sulfonamides is 1. The summed E-state index contributed by atoms with van der Waals surface area (Å²) in [7, 11) is -1.04. The molecule has 0 spiro atoms. The van der Waals surface area contributed by atoms with Crippen LogP contribution in [0.1, 0.15) is 17.3 Å². The Labute approximate surface area is 157 Å². The van der Waals surface area contributed by atoms with Crippen LogP contribution in [-0.4, -0.2) is 40.6 Å². The van der Waals surface area contributed by atoms with Crippen LogP contribution in [0.5, 0.6) is 5.75 Å². The fourth-order valence-electron chi connectivity index (χ4n) is 2.19. The van der Waals surface area contributed by atoms with Crippen LogP contribution in [0, 0.1) is 0 Å². The van der Waals surface area contributed by atoms with Gasteiger partial charge in [-0.25, -0.2) is 13.2 Å². The Kier molecular flexibility index (Phi) is 6.40. The number of hydrogen-bond acceptors (Lipinski definition) is 6. The lowest BCUT2D eigenvalue weighted by molar-refractivity contribution is -0.128. The minimum Gasteiger partial charge on any atom is -0.497 e. The Hall–Kier alpha value is -3.07. The van der Waals surface area contributed by atoms with E-state index in [-0.39, 0.29) is 16.1 Å². The summed E-state index contributed by atoms with van der Waals surface area (Å²) in [4.78, 5) is 23.9. The first-order valence-electron chi connectivity index (χ1n) is 7.97. The molecule has 144 valence electrons. The molecular weight excluding hydrogens is 372 g/mol. The lowest BCUT2D eigenvalue weighted by atomic mass is 10.2. The zero-order valence-corrected chi connectivity index (χ0v) is 15.9. The van der Waals surface area contributed by atoms with Crippen molar-refractivity contribution in [3.05, 3.63) is 54.1 Å². The summed E-state index contributed by atoms with van der Waals surface area (Å²) in [5.74, 6) is -0.778. The molecule has 0 bridgehead atoms. The average Bonchev–Trinajstić information content (AvgIpc) is 2.67. The van der Waals surface area contributed by atoms with Crippen LogP contribution >= 0.6 is 0 Å². The molecule has 0 heterocycles. The van der Waals surface area contributed by atoms with E-state index in [2.05, 4.69) is 10.0 Å². The number of para-hydroxylation sites is 1. The molecule has 0 fully saturated rings. The maximum Gasteiger partial charge on any atom is 0.341 e. The van der Waals surface area contributed by atoms with Crippen LogP contribution < -0.4 is 14.8 Å². The zero-order valence-electron chi connectivity index (χ0n) is 15.1. The van der Waals surface area contributed by atoms with Gasteiger partial charge < -0.3 is 14.8 Å². The van der Waals surface area contributed by atoms with Gasteiger partial charge in [0, 0.05) is 7.05 Å². The van der Waals surface area contributed by atoms with Crippen molar-refractivity contribution in [2.45, 2.75) is 17.9 Å². The number of carbonyl (C=O) groups is 2. The van der Waals surface area contributed by atoms with Crippen molar-refractivity contribution in [1.82, 2.24) is 5.32 Å². The predicted octanol–water partition coefficient (Wildman–Crippen LogP) is 1.79.